The molecule has 21 heavy (non-hydrogen) atoms. The van der Waals surface area contributed by atoms with Gasteiger partial charge in [0, 0.05) is 31.4 Å². The highest BCUT2D eigenvalue weighted by molar-refractivity contribution is 5.21. The highest BCUT2D eigenvalue weighted by atomic mass is 16.3. The van der Waals surface area contributed by atoms with Crippen LogP contribution in [-0.4, -0.2) is 21.1 Å². The van der Waals surface area contributed by atoms with Gasteiger partial charge in [-0.2, -0.15) is 0 Å². The Bertz CT molecular complexity index is 635. The molecule has 2 rings (SSSR count). The van der Waals surface area contributed by atoms with E-state index in [2.05, 4.69) is 24.0 Å². The van der Waals surface area contributed by atoms with Crippen LogP contribution in [-0.2, 0) is 19.6 Å². The Kier molecular flexibility index (Phi) is 5.17. The van der Waals surface area contributed by atoms with Crippen LogP contribution in [0.25, 0.3) is 0 Å². The van der Waals surface area contributed by atoms with Crippen LogP contribution in [0.15, 0.2) is 47.4 Å². The first-order valence-electron chi connectivity index (χ1n) is 7.32. The van der Waals surface area contributed by atoms with Crippen LogP contribution < -0.4 is 5.43 Å². The van der Waals surface area contributed by atoms with E-state index >= 15 is 0 Å². The van der Waals surface area contributed by atoms with Crippen molar-refractivity contribution in [2.45, 2.75) is 33.5 Å². The Balaban J connectivity index is 2.18. The van der Waals surface area contributed by atoms with E-state index in [1.807, 2.05) is 29.7 Å². The summed E-state index contributed by atoms with van der Waals surface area (Å²) in [7, 11) is 0. The van der Waals surface area contributed by atoms with Crippen molar-refractivity contribution >= 4 is 0 Å². The Hall–Kier alpha value is -2.07. The van der Waals surface area contributed by atoms with Gasteiger partial charge >= 0.3 is 0 Å². The van der Waals surface area contributed by atoms with Gasteiger partial charge < -0.3 is 9.67 Å². The van der Waals surface area contributed by atoms with E-state index in [4.69, 9.17) is 0 Å². The maximum absolute atomic E-state index is 11.7. The fourth-order valence-electron chi connectivity index (χ4n) is 2.38. The SMILES string of the molecule is CCN(Cc1ccccc1)Cc1cc(=O)c(O)cn1CC. The molecular formula is C17H22N2O2. The molecule has 0 fully saturated rings. The first-order valence-corrected chi connectivity index (χ1v) is 7.32. The third kappa shape index (κ3) is 3.95. The molecule has 0 saturated carbocycles. The third-order valence-electron chi connectivity index (χ3n) is 3.62. The van der Waals surface area contributed by atoms with Crippen LogP contribution in [0.3, 0.4) is 0 Å². The van der Waals surface area contributed by atoms with Gasteiger partial charge in [-0.3, -0.25) is 9.69 Å². The van der Waals surface area contributed by atoms with Crippen molar-refractivity contribution in [3.05, 3.63) is 64.1 Å². The minimum Gasteiger partial charge on any atom is -0.503 e. The molecule has 0 spiro atoms. The molecule has 2 aromatic rings. The number of rotatable bonds is 6. The predicted octanol–water partition coefficient (Wildman–Crippen LogP) is 2.60. The Morgan fingerprint density at radius 3 is 2.48 bits per heavy atom. The number of hydrogen-bond acceptors (Lipinski definition) is 3. The Labute approximate surface area is 125 Å². The summed E-state index contributed by atoms with van der Waals surface area (Å²) in [6.07, 6.45) is 1.52. The summed E-state index contributed by atoms with van der Waals surface area (Å²) in [5.41, 5.74) is 1.87. The lowest BCUT2D eigenvalue weighted by Crippen LogP contribution is -2.25. The molecule has 0 saturated heterocycles. The molecule has 1 N–H and O–H groups in total. The van der Waals surface area contributed by atoms with Crippen molar-refractivity contribution in [2.24, 2.45) is 0 Å². The van der Waals surface area contributed by atoms with Gasteiger partial charge in [0.05, 0.1) is 6.20 Å². The molecule has 1 aromatic carbocycles. The van der Waals surface area contributed by atoms with Gasteiger partial charge in [-0.15, -0.1) is 0 Å². The van der Waals surface area contributed by atoms with Crippen molar-refractivity contribution in [1.82, 2.24) is 9.47 Å². The second kappa shape index (κ2) is 7.09. The number of aryl methyl sites for hydroxylation is 1. The van der Waals surface area contributed by atoms with Gasteiger partial charge in [0.25, 0.3) is 0 Å². The molecule has 1 aromatic heterocycles. The van der Waals surface area contributed by atoms with Gasteiger partial charge in [-0.25, -0.2) is 0 Å². The fraction of sp³-hybridized carbons (Fsp3) is 0.353. The Morgan fingerprint density at radius 1 is 1.14 bits per heavy atom. The summed E-state index contributed by atoms with van der Waals surface area (Å²) in [6, 6.07) is 11.8. The number of aromatic nitrogens is 1. The van der Waals surface area contributed by atoms with E-state index in [9.17, 15) is 9.90 Å². The van der Waals surface area contributed by atoms with E-state index in [0.717, 1.165) is 25.3 Å². The van der Waals surface area contributed by atoms with Crippen molar-refractivity contribution in [3.63, 3.8) is 0 Å². The summed E-state index contributed by atoms with van der Waals surface area (Å²) in [5, 5.41) is 9.54. The van der Waals surface area contributed by atoms with Gasteiger partial charge in [0.1, 0.15) is 0 Å². The number of aromatic hydroxyl groups is 1. The lowest BCUT2D eigenvalue weighted by Gasteiger charge is -2.22. The largest absolute Gasteiger partial charge is 0.503 e. The Morgan fingerprint density at radius 2 is 1.86 bits per heavy atom. The zero-order chi connectivity index (χ0) is 15.2. The number of hydrogen-bond donors (Lipinski definition) is 1. The molecule has 0 unspecified atom stereocenters. The normalized spacial score (nSPS) is 11.0. The summed E-state index contributed by atoms with van der Waals surface area (Å²) < 4.78 is 1.92. The number of nitrogens with zero attached hydrogens (tertiary/aromatic N) is 2. The topological polar surface area (TPSA) is 45.5 Å². The van der Waals surface area contributed by atoms with Gasteiger partial charge in [0.15, 0.2) is 5.75 Å². The zero-order valence-corrected chi connectivity index (χ0v) is 12.6. The van der Waals surface area contributed by atoms with Crippen molar-refractivity contribution in [3.8, 4) is 5.75 Å². The molecule has 4 nitrogen and oxygen atoms in total. The lowest BCUT2D eigenvalue weighted by molar-refractivity contribution is 0.263. The van der Waals surface area contributed by atoms with Crippen molar-refractivity contribution in [2.75, 3.05) is 6.54 Å². The van der Waals surface area contributed by atoms with Gasteiger partial charge in [-0.1, -0.05) is 37.3 Å². The van der Waals surface area contributed by atoms with E-state index in [-0.39, 0.29) is 11.2 Å². The molecule has 1 heterocycles. The predicted molar refractivity (Wildman–Crippen MR) is 84.3 cm³/mol. The van der Waals surface area contributed by atoms with Crippen LogP contribution in [0, 0.1) is 0 Å². The number of pyridine rings is 1. The summed E-state index contributed by atoms with van der Waals surface area (Å²) in [6.45, 7) is 7.27. The molecule has 4 heteroatoms. The van der Waals surface area contributed by atoms with Crippen LogP contribution in [0.5, 0.6) is 5.75 Å². The molecule has 0 atom stereocenters. The monoisotopic (exact) mass is 286 g/mol. The molecule has 0 radical (unpaired) electrons. The molecular weight excluding hydrogens is 264 g/mol. The molecule has 112 valence electrons. The average Bonchev–Trinajstić information content (AvgIpc) is 2.51. The first-order chi connectivity index (χ1) is 10.1. The summed E-state index contributed by atoms with van der Waals surface area (Å²) >= 11 is 0. The quantitative estimate of drug-likeness (QED) is 0.888. The van der Waals surface area contributed by atoms with Crippen LogP contribution >= 0.6 is 0 Å². The highest BCUT2D eigenvalue weighted by Crippen LogP contribution is 2.11. The fourth-order valence-corrected chi connectivity index (χ4v) is 2.38. The molecule has 0 bridgehead atoms. The second-order valence-corrected chi connectivity index (χ2v) is 5.09. The molecule has 0 amide bonds. The first kappa shape index (κ1) is 15.3. The lowest BCUT2D eigenvalue weighted by atomic mass is 10.2. The van der Waals surface area contributed by atoms with Crippen LogP contribution in [0.1, 0.15) is 25.1 Å². The standard InChI is InChI=1S/C17H22N2O2/c1-3-18(11-14-8-6-5-7-9-14)12-15-10-16(20)17(21)13-19(15)4-2/h5-10,13,21H,3-4,11-12H2,1-2H3. The molecule has 0 aliphatic rings. The van der Waals surface area contributed by atoms with Crippen LogP contribution in [0.4, 0.5) is 0 Å². The summed E-state index contributed by atoms with van der Waals surface area (Å²) in [4.78, 5) is 13.9. The smallest absolute Gasteiger partial charge is 0.223 e. The van der Waals surface area contributed by atoms with Crippen molar-refractivity contribution < 1.29 is 5.11 Å². The van der Waals surface area contributed by atoms with Gasteiger partial charge in [0.2, 0.25) is 5.43 Å². The highest BCUT2D eigenvalue weighted by Gasteiger charge is 2.10. The van der Waals surface area contributed by atoms with E-state index in [1.165, 1.54) is 17.8 Å². The van der Waals surface area contributed by atoms with E-state index < -0.39 is 0 Å². The summed E-state index contributed by atoms with van der Waals surface area (Å²) in [5.74, 6) is -0.188. The van der Waals surface area contributed by atoms with E-state index in [1.54, 1.807) is 0 Å². The van der Waals surface area contributed by atoms with Crippen molar-refractivity contribution in [1.29, 1.82) is 0 Å². The minimum atomic E-state index is -0.314. The minimum absolute atomic E-state index is 0.188. The van der Waals surface area contributed by atoms with Gasteiger partial charge in [-0.05, 0) is 19.0 Å². The maximum Gasteiger partial charge on any atom is 0.223 e. The molecule has 0 aliphatic heterocycles. The molecule has 0 aliphatic carbocycles. The zero-order valence-electron chi connectivity index (χ0n) is 12.6. The second-order valence-electron chi connectivity index (χ2n) is 5.09. The maximum atomic E-state index is 11.7. The average molecular weight is 286 g/mol. The van der Waals surface area contributed by atoms with Crippen LogP contribution in [0.2, 0.25) is 0 Å². The third-order valence-corrected chi connectivity index (χ3v) is 3.62. The van der Waals surface area contributed by atoms with E-state index in [0.29, 0.717) is 6.54 Å². The number of benzene rings is 1.